The first-order chi connectivity index (χ1) is 10.7. The maximum absolute atomic E-state index is 12.6. The average molecular weight is 326 g/mol. The van der Waals surface area contributed by atoms with Gasteiger partial charge in [0, 0.05) is 24.2 Å². The summed E-state index contributed by atoms with van der Waals surface area (Å²) in [5, 5.41) is 6.14. The standard InChI is InChI=1S/C17H24F2N2O2/c1-17(2,3)23-16(22)21-14-8-13(9-14)20-10-11-5-4-6-12(7-11)15(18)19/h4-7,13-15,20H,8-10H2,1-3H3,(H,21,22). The Kier molecular flexibility index (Phi) is 5.57. The normalized spacial score (nSPS) is 21.0. The van der Waals surface area contributed by atoms with Gasteiger partial charge >= 0.3 is 6.09 Å². The summed E-state index contributed by atoms with van der Waals surface area (Å²) < 4.78 is 30.5. The highest BCUT2D eigenvalue weighted by Gasteiger charge is 2.31. The van der Waals surface area contributed by atoms with Crippen LogP contribution in [0.3, 0.4) is 0 Å². The van der Waals surface area contributed by atoms with Gasteiger partial charge in [-0.2, -0.15) is 0 Å². The van der Waals surface area contributed by atoms with Crippen molar-refractivity contribution in [2.45, 2.75) is 64.3 Å². The van der Waals surface area contributed by atoms with Gasteiger partial charge in [-0.1, -0.05) is 18.2 Å². The first-order valence-electron chi connectivity index (χ1n) is 7.83. The van der Waals surface area contributed by atoms with Gasteiger partial charge in [0.1, 0.15) is 5.60 Å². The summed E-state index contributed by atoms with van der Waals surface area (Å²) in [6, 6.07) is 6.81. The number of alkyl halides is 2. The number of amides is 1. The lowest BCUT2D eigenvalue weighted by Crippen LogP contribution is -2.52. The Balaban J connectivity index is 1.68. The van der Waals surface area contributed by atoms with Gasteiger partial charge in [0.05, 0.1) is 0 Å². The second kappa shape index (κ2) is 7.25. The molecule has 128 valence electrons. The molecule has 0 saturated heterocycles. The van der Waals surface area contributed by atoms with Crippen LogP contribution in [0.5, 0.6) is 0 Å². The minimum Gasteiger partial charge on any atom is -0.444 e. The molecular formula is C17H24F2N2O2. The summed E-state index contributed by atoms with van der Waals surface area (Å²) >= 11 is 0. The Morgan fingerprint density at radius 2 is 2.00 bits per heavy atom. The number of rotatable bonds is 5. The Morgan fingerprint density at radius 3 is 2.61 bits per heavy atom. The fourth-order valence-electron chi connectivity index (χ4n) is 2.48. The van der Waals surface area contributed by atoms with E-state index < -0.39 is 18.1 Å². The number of carbonyl (C=O) groups is 1. The Morgan fingerprint density at radius 1 is 1.30 bits per heavy atom. The molecule has 2 rings (SSSR count). The molecule has 4 nitrogen and oxygen atoms in total. The van der Waals surface area contributed by atoms with Gasteiger partial charge in [0.25, 0.3) is 6.43 Å². The van der Waals surface area contributed by atoms with Crippen molar-refractivity contribution in [3.63, 3.8) is 0 Å². The molecule has 1 saturated carbocycles. The summed E-state index contributed by atoms with van der Waals surface area (Å²) in [5.41, 5.74) is 0.384. The molecule has 2 N–H and O–H groups in total. The number of benzene rings is 1. The van der Waals surface area contributed by atoms with Crippen molar-refractivity contribution in [2.24, 2.45) is 0 Å². The second-order valence-corrected chi connectivity index (χ2v) is 6.94. The van der Waals surface area contributed by atoms with E-state index in [1.807, 2.05) is 26.8 Å². The summed E-state index contributed by atoms with van der Waals surface area (Å²) in [6.07, 6.45) is -1.21. The van der Waals surface area contributed by atoms with E-state index >= 15 is 0 Å². The molecule has 0 unspecified atom stereocenters. The molecule has 1 aliphatic carbocycles. The largest absolute Gasteiger partial charge is 0.444 e. The number of alkyl carbamates (subject to hydrolysis) is 1. The number of ether oxygens (including phenoxy) is 1. The molecule has 1 amide bonds. The monoisotopic (exact) mass is 326 g/mol. The zero-order chi connectivity index (χ0) is 17.0. The van der Waals surface area contributed by atoms with E-state index in [2.05, 4.69) is 10.6 Å². The van der Waals surface area contributed by atoms with Crippen LogP contribution in [0.25, 0.3) is 0 Å². The fraction of sp³-hybridized carbons (Fsp3) is 0.588. The molecular weight excluding hydrogens is 302 g/mol. The lowest BCUT2D eigenvalue weighted by molar-refractivity contribution is 0.0465. The zero-order valence-electron chi connectivity index (χ0n) is 13.7. The SMILES string of the molecule is CC(C)(C)OC(=O)NC1CC(NCc2cccc(C(F)F)c2)C1. The second-order valence-electron chi connectivity index (χ2n) is 6.94. The maximum atomic E-state index is 12.6. The van der Waals surface area contributed by atoms with Crippen LogP contribution in [0, 0.1) is 0 Å². The van der Waals surface area contributed by atoms with Crippen molar-refractivity contribution in [3.05, 3.63) is 35.4 Å². The number of carbonyl (C=O) groups excluding carboxylic acids is 1. The molecule has 0 aromatic heterocycles. The quantitative estimate of drug-likeness (QED) is 0.866. The van der Waals surface area contributed by atoms with Crippen molar-refractivity contribution in [1.29, 1.82) is 0 Å². The molecule has 6 heteroatoms. The van der Waals surface area contributed by atoms with Crippen LogP contribution >= 0.6 is 0 Å². The molecule has 1 aliphatic rings. The first-order valence-corrected chi connectivity index (χ1v) is 7.83. The van der Waals surface area contributed by atoms with E-state index in [4.69, 9.17) is 4.74 Å². The Bertz CT molecular complexity index is 538. The van der Waals surface area contributed by atoms with Crippen LogP contribution in [0.2, 0.25) is 0 Å². The summed E-state index contributed by atoms with van der Waals surface area (Å²) in [6.45, 7) is 6.02. The van der Waals surface area contributed by atoms with E-state index in [9.17, 15) is 13.6 Å². The van der Waals surface area contributed by atoms with E-state index in [1.54, 1.807) is 6.07 Å². The molecule has 0 aliphatic heterocycles. The van der Waals surface area contributed by atoms with Crippen LogP contribution in [0.4, 0.5) is 13.6 Å². The van der Waals surface area contributed by atoms with E-state index in [-0.39, 0.29) is 17.6 Å². The number of nitrogens with one attached hydrogen (secondary N) is 2. The highest BCUT2D eigenvalue weighted by Crippen LogP contribution is 2.22. The van der Waals surface area contributed by atoms with Crippen LogP contribution < -0.4 is 10.6 Å². The highest BCUT2D eigenvalue weighted by atomic mass is 19.3. The smallest absolute Gasteiger partial charge is 0.407 e. The predicted octanol–water partition coefficient (Wildman–Crippen LogP) is 3.77. The molecule has 0 heterocycles. The van der Waals surface area contributed by atoms with Crippen LogP contribution in [0.1, 0.15) is 51.2 Å². The van der Waals surface area contributed by atoms with Gasteiger partial charge in [-0.3, -0.25) is 0 Å². The van der Waals surface area contributed by atoms with Crippen molar-refractivity contribution < 1.29 is 18.3 Å². The highest BCUT2D eigenvalue weighted by molar-refractivity contribution is 5.68. The number of hydrogen-bond acceptors (Lipinski definition) is 3. The van der Waals surface area contributed by atoms with Crippen LogP contribution in [-0.2, 0) is 11.3 Å². The maximum Gasteiger partial charge on any atom is 0.407 e. The summed E-state index contributed by atoms with van der Waals surface area (Å²) in [5.74, 6) is 0. The van der Waals surface area contributed by atoms with E-state index in [1.165, 1.54) is 12.1 Å². The van der Waals surface area contributed by atoms with E-state index in [0.717, 1.165) is 18.4 Å². The third-order valence-corrected chi connectivity index (χ3v) is 3.66. The van der Waals surface area contributed by atoms with Crippen molar-refractivity contribution in [1.82, 2.24) is 10.6 Å². The van der Waals surface area contributed by atoms with Gasteiger partial charge in [-0.05, 0) is 45.2 Å². The van der Waals surface area contributed by atoms with Gasteiger partial charge in [0.15, 0.2) is 0 Å². The van der Waals surface area contributed by atoms with Crippen molar-refractivity contribution in [3.8, 4) is 0 Å². The fourth-order valence-corrected chi connectivity index (χ4v) is 2.48. The summed E-state index contributed by atoms with van der Waals surface area (Å²) in [7, 11) is 0. The van der Waals surface area contributed by atoms with Gasteiger partial charge < -0.3 is 15.4 Å². The Hall–Kier alpha value is -1.69. The van der Waals surface area contributed by atoms with Crippen LogP contribution in [0.15, 0.2) is 24.3 Å². The Labute approximate surface area is 135 Å². The number of halogens is 2. The minimum absolute atomic E-state index is 0.0439. The number of hydrogen-bond donors (Lipinski definition) is 2. The minimum atomic E-state index is -2.44. The topological polar surface area (TPSA) is 50.4 Å². The molecule has 0 bridgehead atoms. The lowest BCUT2D eigenvalue weighted by atomic mass is 9.86. The van der Waals surface area contributed by atoms with Crippen LogP contribution in [-0.4, -0.2) is 23.8 Å². The third kappa shape index (κ3) is 5.78. The molecule has 1 aromatic carbocycles. The molecule has 1 fully saturated rings. The van der Waals surface area contributed by atoms with Gasteiger partial charge in [-0.15, -0.1) is 0 Å². The molecule has 0 spiro atoms. The molecule has 0 atom stereocenters. The third-order valence-electron chi connectivity index (χ3n) is 3.66. The first kappa shape index (κ1) is 17.7. The predicted molar refractivity (Wildman–Crippen MR) is 84.4 cm³/mol. The molecule has 1 aromatic rings. The van der Waals surface area contributed by atoms with E-state index in [0.29, 0.717) is 6.54 Å². The molecule has 0 radical (unpaired) electrons. The lowest BCUT2D eigenvalue weighted by Gasteiger charge is -2.36. The summed E-state index contributed by atoms with van der Waals surface area (Å²) in [4.78, 5) is 11.6. The van der Waals surface area contributed by atoms with Crippen molar-refractivity contribution in [2.75, 3.05) is 0 Å². The van der Waals surface area contributed by atoms with Crippen molar-refractivity contribution >= 4 is 6.09 Å². The zero-order valence-corrected chi connectivity index (χ0v) is 13.7. The average Bonchev–Trinajstić information content (AvgIpc) is 2.39. The van der Waals surface area contributed by atoms with Gasteiger partial charge in [-0.25, -0.2) is 13.6 Å². The van der Waals surface area contributed by atoms with Gasteiger partial charge in [0.2, 0.25) is 0 Å². The molecule has 23 heavy (non-hydrogen) atoms.